The number of ether oxygens (including phenoxy) is 1. The summed E-state index contributed by atoms with van der Waals surface area (Å²) in [6.45, 7) is 2.17. The molecule has 4 rings (SSSR count). The van der Waals surface area contributed by atoms with Crippen LogP contribution in [-0.2, 0) is 0 Å². The van der Waals surface area contributed by atoms with Gasteiger partial charge < -0.3 is 4.74 Å². The monoisotopic (exact) mass is 404 g/mol. The normalized spacial score (nSPS) is 21.8. The molecule has 3 nitrogen and oxygen atoms in total. The third kappa shape index (κ3) is 2.82. The molecule has 2 heterocycles. The van der Waals surface area contributed by atoms with Gasteiger partial charge in [-0.15, -0.1) is 0 Å². The summed E-state index contributed by atoms with van der Waals surface area (Å²) in [5.74, 6) is 0.936. The van der Waals surface area contributed by atoms with Crippen LogP contribution in [0.3, 0.4) is 0 Å². The first kappa shape index (κ1) is 16.0. The van der Waals surface area contributed by atoms with E-state index in [-0.39, 0.29) is 12.3 Å². The summed E-state index contributed by atoms with van der Waals surface area (Å²) >= 11 is 9.71. The van der Waals surface area contributed by atoms with Gasteiger partial charge >= 0.3 is 0 Å². The highest BCUT2D eigenvalue weighted by atomic mass is 79.9. The summed E-state index contributed by atoms with van der Waals surface area (Å²) in [4.78, 5) is 0. The van der Waals surface area contributed by atoms with Gasteiger partial charge in [-0.2, -0.15) is 5.10 Å². The van der Waals surface area contributed by atoms with Crippen LogP contribution in [-0.4, -0.2) is 16.9 Å². The van der Waals surface area contributed by atoms with Crippen molar-refractivity contribution in [3.8, 4) is 5.75 Å². The van der Waals surface area contributed by atoms with Crippen LogP contribution in [0, 0.1) is 0 Å². The third-order valence-corrected chi connectivity index (χ3v) is 5.31. The zero-order valence-electron chi connectivity index (χ0n) is 13.4. The van der Waals surface area contributed by atoms with Crippen LogP contribution in [0.15, 0.2) is 52.0 Å². The Kier molecular flexibility index (Phi) is 4.27. The highest BCUT2D eigenvalue weighted by Gasteiger charge is 2.39. The predicted octanol–water partition coefficient (Wildman–Crippen LogP) is 5.77. The molecule has 5 heteroatoms. The van der Waals surface area contributed by atoms with E-state index in [2.05, 4.69) is 52.1 Å². The van der Waals surface area contributed by atoms with Crippen molar-refractivity contribution in [3.05, 3.63) is 63.1 Å². The number of nitrogens with zero attached hydrogens (tertiary/aromatic N) is 2. The average Bonchev–Trinajstić information content (AvgIpc) is 3.02. The van der Waals surface area contributed by atoms with Gasteiger partial charge in [-0.25, -0.2) is 0 Å². The van der Waals surface area contributed by atoms with Crippen molar-refractivity contribution < 1.29 is 4.74 Å². The molecule has 0 bridgehead atoms. The maximum Gasteiger partial charge on any atom is 0.187 e. The largest absolute Gasteiger partial charge is 0.469 e. The van der Waals surface area contributed by atoms with Crippen LogP contribution in [0.5, 0.6) is 5.75 Å². The van der Waals surface area contributed by atoms with Gasteiger partial charge in [0.1, 0.15) is 5.75 Å². The summed E-state index contributed by atoms with van der Waals surface area (Å²) in [6.07, 6.45) is 2.87. The standard InChI is InChI=1S/C19H18BrClN2O/c1-2-3-19-23-17(15-10-14(21)8-9-18(15)24-19)11-16(22-23)12-4-6-13(20)7-5-12/h4-10,17,19H,2-3,11H2,1H3/t17-,19+/m1/s1. The van der Waals surface area contributed by atoms with E-state index in [0.29, 0.717) is 0 Å². The van der Waals surface area contributed by atoms with Crippen LogP contribution in [0.4, 0.5) is 0 Å². The molecule has 2 aromatic carbocycles. The Labute approximate surface area is 155 Å². The Morgan fingerprint density at radius 2 is 2.04 bits per heavy atom. The lowest BCUT2D eigenvalue weighted by Crippen LogP contribution is -2.40. The molecule has 0 fully saturated rings. The molecule has 0 aromatic heterocycles. The molecule has 0 saturated heterocycles. The summed E-state index contributed by atoms with van der Waals surface area (Å²) < 4.78 is 7.27. The molecule has 0 N–H and O–H groups in total. The third-order valence-electron chi connectivity index (χ3n) is 4.54. The minimum absolute atomic E-state index is 0.0124. The molecule has 0 radical (unpaired) electrons. The zero-order chi connectivity index (χ0) is 16.7. The summed E-state index contributed by atoms with van der Waals surface area (Å²) in [5, 5.41) is 7.77. The van der Waals surface area contributed by atoms with E-state index in [1.807, 2.05) is 18.2 Å². The van der Waals surface area contributed by atoms with Crippen LogP contribution < -0.4 is 4.74 Å². The van der Waals surface area contributed by atoms with E-state index >= 15 is 0 Å². The molecule has 0 spiro atoms. The van der Waals surface area contributed by atoms with Crippen molar-refractivity contribution in [3.63, 3.8) is 0 Å². The van der Waals surface area contributed by atoms with Gasteiger partial charge in [0.15, 0.2) is 6.23 Å². The van der Waals surface area contributed by atoms with Gasteiger partial charge in [0.25, 0.3) is 0 Å². The molecule has 0 unspecified atom stereocenters. The van der Waals surface area contributed by atoms with Crippen molar-refractivity contribution in [1.29, 1.82) is 0 Å². The number of hydrogen-bond acceptors (Lipinski definition) is 3. The van der Waals surface area contributed by atoms with Gasteiger partial charge in [0.2, 0.25) is 0 Å². The van der Waals surface area contributed by atoms with Crippen molar-refractivity contribution in [2.24, 2.45) is 5.10 Å². The number of fused-ring (bicyclic) bond motifs is 3. The van der Waals surface area contributed by atoms with E-state index in [4.69, 9.17) is 21.4 Å². The van der Waals surface area contributed by atoms with E-state index in [0.717, 1.165) is 51.3 Å². The lowest BCUT2D eigenvalue weighted by molar-refractivity contribution is -0.0223. The lowest BCUT2D eigenvalue weighted by Gasteiger charge is -2.38. The topological polar surface area (TPSA) is 24.8 Å². The molecular weight excluding hydrogens is 388 g/mol. The first-order chi connectivity index (χ1) is 11.7. The molecule has 24 heavy (non-hydrogen) atoms. The molecule has 124 valence electrons. The van der Waals surface area contributed by atoms with E-state index in [9.17, 15) is 0 Å². The fraction of sp³-hybridized carbons (Fsp3) is 0.316. The Hall–Kier alpha value is -1.52. The van der Waals surface area contributed by atoms with Crippen LogP contribution in [0.25, 0.3) is 0 Å². The highest BCUT2D eigenvalue weighted by molar-refractivity contribution is 9.10. The van der Waals surface area contributed by atoms with Crippen LogP contribution in [0.2, 0.25) is 5.02 Å². The predicted molar refractivity (Wildman–Crippen MR) is 101 cm³/mol. The van der Waals surface area contributed by atoms with Gasteiger partial charge in [0.05, 0.1) is 11.8 Å². The second-order valence-corrected chi connectivity index (χ2v) is 7.55. The average molecular weight is 406 g/mol. The fourth-order valence-corrected chi connectivity index (χ4v) is 3.83. The molecular formula is C19H18BrClN2O. The molecule has 0 saturated carbocycles. The number of halogens is 2. The molecule has 2 aliphatic rings. The second kappa shape index (κ2) is 6.41. The molecule has 2 aliphatic heterocycles. The maximum absolute atomic E-state index is 6.22. The number of hydrazone groups is 1. The Morgan fingerprint density at radius 3 is 2.79 bits per heavy atom. The van der Waals surface area contributed by atoms with E-state index in [1.54, 1.807) is 0 Å². The Bertz CT molecular complexity index is 790. The van der Waals surface area contributed by atoms with Crippen molar-refractivity contribution >= 4 is 33.2 Å². The zero-order valence-corrected chi connectivity index (χ0v) is 15.7. The minimum Gasteiger partial charge on any atom is -0.469 e. The number of benzene rings is 2. The summed E-state index contributed by atoms with van der Waals surface area (Å²) in [7, 11) is 0. The minimum atomic E-state index is -0.0124. The molecule has 0 amide bonds. The highest BCUT2D eigenvalue weighted by Crippen LogP contribution is 2.44. The van der Waals surface area contributed by atoms with Crippen LogP contribution in [0.1, 0.15) is 43.4 Å². The fourth-order valence-electron chi connectivity index (χ4n) is 3.39. The lowest BCUT2D eigenvalue weighted by atomic mass is 9.96. The number of hydrogen-bond donors (Lipinski definition) is 0. The molecule has 0 aliphatic carbocycles. The van der Waals surface area contributed by atoms with Gasteiger partial charge in [-0.3, -0.25) is 5.01 Å². The van der Waals surface area contributed by atoms with Gasteiger partial charge in [-0.1, -0.05) is 53.0 Å². The van der Waals surface area contributed by atoms with Gasteiger partial charge in [0, 0.05) is 27.9 Å². The number of rotatable bonds is 3. The Balaban J connectivity index is 1.72. The summed E-state index contributed by atoms with van der Waals surface area (Å²) in [5.41, 5.74) is 3.39. The first-order valence-corrected chi connectivity index (χ1v) is 9.40. The SMILES string of the molecule is CCC[C@@H]1Oc2ccc(Cl)cc2[C@H]2CC(c3ccc(Br)cc3)=NN12. The summed E-state index contributed by atoms with van der Waals surface area (Å²) in [6, 6.07) is 14.4. The van der Waals surface area contributed by atoms with Crippen molar-refractivity contribution in [1.82, 2.24) is 5.01 Å². The van der Waals surface area contributed by atoms with Gasteiger partial charge in [-0.05, 0) is 35.9 Å². The second-order valence-electron chi connectivity index (χ2n) is 6.20. The van der Waals surface area contributed by atoms with Crippen molar-refractivity contribution in [2.45, 2.75) is 38.5 Å². The maximum atomic E-state index is 6.22. The molecule has 2 atom stereocenters. The van der Waals surface area contributed by atoms with E-state index in [1.165, 1.54) is 0 Å². The van der Waals surface area contributed by atoms with Crippen molar-refractivity contribution in [2.75, 3.05) is 0 Å². The smallest absolute Gasteiger partial charge is 0.187 e. The van der Waals surface area contributed by atoms with E-state index < -0.39 is 0 Å². The quantitative estimate of drug-likeness (QED) is 0.647. The Morgan fingerprint density at radius 1 is 1.25 bits per heavy atom. The molecule has 2 aromatic rings. The first-order valence-electron chi connectivity index (χ1n) is 8.23. The van der Waals surface area contributed by atoms with Crippen LogP contribution >= 0.6 is 27.5 Å².